The van der Waals surface area contributed by atoms with Crippen LogP contribution >= 0.6 is 22.9 Å². The molecule has 120 valence electrons. The molecular formula is C17H17ClN2O2S. The molecule has 0 unspecified atom stereocenters. The Bertz CT molecular complexity index is 726. The lowest BCUT2D eigenvalue weighted by molar-refractivity contribution is -0.131. The predicted octanol–water partition coefficient (Wildman–Crippen LogP) is 3.41. The quantitative estimate of drug-likeness (QED) is 0.920. The Morgan fingerprint density at radius 1 is 1.22 bits per heavy atom. The van der Waals surface area contributed by atoms with Gasteiger partial charge in [0.05, 0.1) is 17.3 Å². The number of benzene rings is 1. The summed E-state index contributed by atoms with van der Waals surface area (Å²) in [6, 6.07) is 11.0. The van der Waals surface area contributed by atoms with Gasteiger partial charge in [-0.3, -0.25) is 9.59 Å². The molecule has 2 heterocycles. The molecule has 4 nitrogen and oxygen atoms in total. The maximum absolute atomic E-state index is 12.6. The van der Waals surface area contributed by atoms with Gasteiger partial charge in [-0.15, -0.1) is 11.3 Å². The number of nitrogens with two attached hydrogens (primary N) is 1. The third-order valence-corrected chi connectivity index (χ3v) is 5.49. The van der Waals surface area contributed by atoms with Crippen molar-refractivity contribution >= 4 is 34.8 Å². The summed E-state index contributed by atoms with van der Waals surface area (Å²) in [5.41, 5.74) is 6.27. The molecule has 2 aromatic rings. The molecule has 1 aliphatic rings. The maximum atomic E-state index is 12.6. The number of carbonyl (C=O) groups excluding carboxylic acids is 2. The standard InChI is InChI=1S/C17H17ClN2O2S/c18-12-5-3-11(4-6-12)10-16(21)20-9-1-2-13(20)14-7-8-15(23-14)17(19)22/h3-8,13H,1-2,9-10H2,(H2,19,22)/t13-/m0/s1. The minimum Gasteiger partial charge on any atom is -0.365 e. The summed E-state index contributed by atoms with van der Waals surface area (Å²) in [6.07, 6.45) is 2.26. The lowest BCUT2D eigenvalue weighted by Crippen LogP contribution is -2.31. The largest absolute Gasteiger partial charge is 0.365 e. The van der Waals surface area contributed by atoms with Crippen molar-refractivity contribution in [2.24, 2.45) is 5.73 Å². The van der Waals surface area contributed by atoms with Gasteiger partial charge in [-0.25, -0.2) is 0 Å². The molecule has 2 amide bonds. The van der Waals surface area contributed by atoms with Gasteiger partial charge in [-0.05, 0) is 42.7 Å². The number of rotatable bonds is 4. The molecule has 0 aliphatic carbocycles. The first-order valence-electron chi connectivity index (χ1n) is 7.48. The second kappa shape index (κ2) is 6.72. The monoisotopic (exact) mass is 348 g/mol. The SMILES string of the molecule is NC(=O)c1ccc([C@@H]2CCCN2C(=O)Cc2ccc(Cl)cc2)s1. The van der Waals surface area contributed by atoms with E-state index in [2.05, 4.69) is 0 Å². The van der Waals surface area contributed by atoms with E-state index in [9.17, 15) is 9.59 Å². The van der Waals surface area contributed by atoms with Crippen LogP contribution in [0.25, 0.3) is 0 Å². The Balaban J connectivity index is 1.73. The van der Waals surface area contributed by atoms with Crippen molar-refractivity contribution in [2.75, 3.05) is 6.54 Å². The first kappa shape index (κ1) is 16.0. The molecule has 1 aromatic heterocycles. The number of thiophene rings is 1. The Morgan fingerprint density at radius 3 is 2.61 bits per heavy atom. The number of amides is 2. The van der Waals surface area contributed by atoms with E-state index in [1.807, 2.05) is 23.1 Å². The summed E-state index contributed by atoms with van der Waals surface area (Å²) in [4.78, 5) is 27.4. The summed E-state index contributed by atoms with van der Waals surface area (Å²) >= 11 is 7.26. The van der Waals surface area contributed by atoms with Crippen LogP contribution in [0, 0.1) is 0 Å². The van der Waals surface area contributed by atoms with Crippen molar-refractivity contribution < 1.29 is 9.59 Å². The molecule has 6 heteroatoms. The van der Waals surface area contributed by atoms with Crippen molar-refractivity contribution in [2.45, 2.75) is 25.3 Å². The van der Waals surface area contributed by atoms with Crippen LogP contribution in [0.1, 0.15) is 39.0 Å². The smallest absolute Gasteiger partial charge is 0.258 e. The summed E-state index contributed by atoms with van der Waals surface area (Å²) in [6.45, 7) is 0.751. The van der Waals surface area contributed by atoms with Gasteiger partial charge in [0, 0.05) is 16.4 Å². The maximum Gasteiger partial charge on any atom is 0.258 e. The lowest BCUT2D eigenvalue weighted by Gasteiger charge is -2.24. The van der Waals surface area contributed by atoms with Gasteiger partial charge >= 0.3 is 0 Å². The van der Waals surface area contributed by atoms with Gasteiger partial charge in [0.15, 0.2) is 0 Å². The zero-order valence-corrected chi connectivity index (χ0v) is 14.1. The fourth-order valence-electron chi connectivity index (χ4n) is 2.90. The van der Waals surface area contributed by atoms with Gasteiger partial charge < -0.3 is 10.6 Å². The van der Waals surface area contributed by atoms with Gasteiger partial charge in [-0.1, -0.05) is 23.7 Å². The summed E-state index contributed by atoms with van der Waals surface area (Å²) in [7, 11) is 0. The molecule has 1 aromatic carbocycles. The second-order valence-electron chi connectivity index (χ2n) is 5.61. The molecule has 0 radical (unpaired) electrons. The molecule has 1 fully saturated rings. The van der Waals surface area contributed by atoms with Crippen LogP contribution in [-0.2, 0) is 11.2 Å². The number of nitrogens with zero attached hydrogens (tertiary/aromatic N) is 1. The van der Waals surface area contributed by atoms with E-state index in [4.69, 9.17) is 17.3 Å². The van der Waals surface area contributed by atoms with E-state index in [0.29, 0.717) is 16.3 Å². The number of hydrogen-bond acceptors (Lipinski definition) is 3. The van der Waals surface area contributed by atoms with Gasteiger partial charge in [-0.2, -0.15) is 0 Å². The normalized spacial score (nSPS) is 17.4. The van der Waals surface area contributed by atoms with Gasteiger partial charge in [0.1, 0.15) is 0 Å². The zero-order chi connectivity index (χ0) is 16.4. The van der Waals surface area contributed by atoms with Crippen LogP contribution in [0.2, 0.25) is 5.02 Å². The van der Waals surface area contributed by atoms with Crippen LogP contribution in [0.5, 0.6) is 0 Å². The van der Waals surface area contributed by atoms with E-state index < -0.39 is 5.91 Å². The molecular weight excluding hydrogens is 332 g/mol. The van der Waals surface area contributed by atoms with Crippen LogP contribution in [0.3, 0.4) is 0 Å². The minimum absolute atomic E-state index is 0.0490. The van der Waals surface area contributed by atoms with E-state index in [1.54, 1.807) is 18.2 Å². The number of primary amides is 1. The Labute approximate surface area is 143 Å². The Hall–Kier alpha value is -1.85. The van der Waals surface area contributed by atoms with Crippen molar-refractivity contribution in [3.63, 3.8) is 0 Å². The number of carbonyl (C=O) groups is 2. The molecule has 3 rings (SSSR count). The molecule has 1 saturated heterocycles. The highest BCUT2D eigenvalue weighted by atomic mass is 35.5. The van der Waals surface area contributed by atoms with Crippen LogP contribution in [0.15, 0.2) is 36.4 Å². The highest BCUT2D eigenvalue weighted by molar-refractivity contribution is 7.14. The molecule has 2 N–H and O–H groups in total. The Kier molecular flexibility index (Phi) is 4.68. The van der Waals surface area contributed by atoms with E-state index >= 15 is 0 Å². The van der Waals surface area contributed by atoms with Crippen molar-refractivity contribution in [1.82, 2.24) is 4.90 Å². The highest BCUT2D eigenvalue weighted by Gasteiger charge is 2.31. The molecule has 1 atom stereocenters. The third-order valence-electron chi connectivity index (χ3n) is 4.04. The molecule has 0 bridgehead atoms. The number of halogens is 1. The first-order chi connectivity index (χ1) is 11.0. The molecule has 1 aliphatic heterocycles. The van der Waals surface area contributed by atoms with Crippen LogP contribution in [-0.4, -0.2) is 23.3 Å². The zero-order valence-electron chi connectivity index (χ0n) is 12.5. The highest BCUT2D eigenvalue weighted by Crippen LogP contribution is 2.36. The van der Waals surface area contributed by atoms with Crippen molar-refractivity contribution in [3.8, 4) is 0 Å². The fraction of sp³-hybridized carbons (Fsp3) is 0.294. The molecule has 0 spiro atoms. The second-order valence-corrected chi connectivity index (χ2v) is 7.17. The minimum atomic E-state index is -0.418. The van der Waals surface area contributed by atoms with Crippen LogP contribution in [0.4, 0.5) is 0 Å². The van der Waals surface area contributed by atoms with E-state index in [0.717, 1.165) is 29.8 Å². The topological polar surface area (TPSA) is 63.4 Å². The van der Waals surface area contributed by atoms with Crippen molar-refractivity contribution in [1.29, 1.82) is 0 Å². The third kappa shape index (κ3) is 3.57. The number of likely N-dealkylation sites (tertiary alicyclic amines) is 1. The van der Waals surface area contributed by atoms with Crippen LogP contribution < -0.4 is 5.73 Å². The lowest BCUT2D eigenvalue weighted by atomic mass is 10.1. The summed E-state index contributed by atoms with van der Waals surface area (Å²) in [5, 5.41) is 0.665. The number of hydrogen-bond donors (Lipinski definition) is 1. The fourth-order valence-corrected chi connectivity index (χ4v) is 4.04. The first-order valence-corrected chi connectivity index (χ1v) is 8.67. The average Bonchev–Trinajstić information content (AvgIpc) is 3.17. The molecule has 0 saturated carbocycles. The van der Waals surface area contributed by atoms with E-state index in [1.165, 1.54) is 11.3 Å². The van der Waals surface area contributed by atoms with Gasteiger partial charge in [0.2, 0.25) is 5.91 Å². The average molecular weight is 349 g/mol. The summed E-state index contributed by atoms with van der Waals surface area (Å²) in [5.74, 6) is -0.317. The predicted molar refractivity (Wildman–Crippen MR) is 91.7 cm³/mol. The molecule has 23 heavy (non-hydrogen) atoms. The van der Waals surface area contributed by atoms with Gasteiger partial charge in [0.25, 0.3) is 5.91 Å². The van der Waals surface area contributed by atoms with Crippen molar-refractivity contribution in [3.05, 3.63) is 56.7 Å². The van der Waals surface area contributed by atoms with E-state index in [-0.39, 0.29) is 11.9 Å². The summed E-state index contributed by atoms with van der Waals surface area (Å²) < 4.78 is 0. The Morgan fingerprint density at radius 2 is 1.96 bits per heavy atom.